The van der Waals surface area contributed by atoms with Gasteiger partial charge in [0, 0.05) is 36.1 Å². The third kappa shape index (κ3) is 3.21. The average Bonchev–Trinajstić information content (AvgIpc) is 2.87. The largest absolute Gasteiger partial charge is 0.356 e. The Bertz CT molecular complexity index is 806. The van der Waals surface area contributed by atoms with Crippen molar-refractivity contribution in [2.75, 3.05) is 18.0 Å². The summed E-state index contributed by atoms with van der Waals surface area (Å²) < 4.78 is 14.6. The highest BCUT2D eigenvalue weighted by Gasteiger charge is 2.25. The van der Waals surface area contributed by atoms with Crippen LogP contribution in [0.2, 0.25) is 0 Å². The molecule has 0 radical (unpaired) electrons. The Hall–Kier alpha value is -2.48. The zero-order chi connectivity index (χ0) is 17.8. The molecule has 0 saturated carbocycles. The monoisotopic (exact) mass is 338 g/mol. The molecular weight excluding hydrogens is 315 g/mol. The number of halogens is 1. The van der Waals surface area contributed by atoms with Crippen molar-refractivity contribution in [3.05, 3.63) is 41.1 Å². The Morgan fingerprint density at radius 3 is 2.64 bits per heavy atom. The van der Waals surface area contributed by atoms with E-state index in [9.17, 15) is 9.65 Å². The second kappa shape index (κ2) is 7.60. The van der Waals surface area contributed by atoms with Crippen molar-refractivity contribution >= 4 is 5.82 Å². The highest BCUT2D eigenvalue weighted by Crippen LogP contribution is 2.38. The van der Waals surface area contributed by atoms with Gasteiger partial charge in [0.25, 0.3) is 0 Å². The molecule has 2 aromatic heterocycles. The van der Waals surface area contributed by atoms with Crippen LogP contribution in [0.3, 0.4) is 0 Å². The number of hydrogen-bond donors (Lipinski definition) is 0. The van der Waals surface area contributed by atoms with Crippen LogP contribution in [0.15, 0.2) is 18.5 Å². The minimum atomic E-state index is -0.387. The molecule has 0 spiro atoms. The molecule has 25 heavy (non-hydrogen) atoms. The summed E-state index contributed by atoms with van der Waals surface area (Å²) in [5, 5.41) is 9.91. The predicted molar refractivity (Wildman–Crippen MR) is 97.0 cm³/mol. The van der Waals surface area contributed by atoms with E-state index in [0.29, 0.717) is 16.9 Å². The van der Waals surface area contributed by atoms with Crippen molar-refractivity contribution in [1.29, 1.82) is 5.26 Å². The zero-order valence-electron chi connectivity index (χ0n) is 14.8. The number of aryl methyl sites for hydroxylation is 1. The Balaban J connectivity index is 2.35. The van der Waals surface area contributed by atoms with Crippen LogP contribution in [-0.2, 0) is 12.8 Å². The summed E-state index contributed by atoms with van der Waals surface area (Å²) in [6.45, 7) is 5.61. The second-order valence-electron chi connectivity index (χ2n) is 6.31. The highest BCUT2D eigenvalue weighted by molar-refractivity contribution is 5.80. The Kier molecular flexibility index (Phi) is 5.28. The number of aromatic nitrogens is 2. The Morgan fingerprint density at radius 1 is 1.20 bits per heavy atom. The molecule has 0 bridgehead atoms. The predicted octanol–water partition coefficient (Wildman–Crippen LogP) is 4.27. The lowest BCUT2D eigenvalue weighted by atomic mass is 9.91. The van der Waals surface area contributed by atoms with Crippen molar-refractivity contribution < 1.29 is 4.39 Å². The minimum absolute atomic E-state index is 0.387. The van der Waals surface area contributed by atoms with Crippen LogP contribution < -0.4 is 4.90 Å². The van der Waals surface area contributed by atoms with Crippen molar-refractivity contribution in [3.8, 4) is 17.2 Å². The van der Waals surface area contributed by atoms with Crippen molar-refractivity contribution in [3.63, 3.8) is 0 Å². The average molecular weight is 338 g/mol. The lowest BCUT2D eigenvalue weighted by Crippen LogP contribution is -2.25. The molecule has 0 unspecified atom stereocenters. The van der Waals surface area contributed by atoms with Gasteiger partial charge in [0.1, 0.15) is 23.3 Å². The fraction of sp³-hybridized carbons (Fsp3) is 0.450. The van der Waals surface area contributed by atoms with E-state index in [0.717, 1.165) is 62.0 Å². The molecule has 0 saturated heterocycles. The second-order valence-corrected chi connectivity index (χ2v) is 6.31. The van der Waals surface area contributed by atoms with E-state index in [-0.39, 0.29) is 5.82 Å². The number of fused-ring (bicyclic) bond motifs is 1. The SMILES string of the molecule is CCN(CC)c1nc2c(c(-c3ccncc3F)c1C#N)CCCCC2. The van der Waals surface area contributed by atoms with E-state index in [1.165, 1.54) is 6.20 Å². The van der Waals surface area contributed by atoms with Gasteiger partial charge in [-0.25, -0.2) is 9.37 Å². The molecule has 0 aliphatic heterocycles. The first-order valence-corrected chi connectivity index (χ1v) is 9.01. The molecule has 5 heteroatoms. The third-order valence-corrected chi connectivity index (χ3v) is 4.92. The highest BCUT2D eigenvalue weighted by atomic mass is 19.1. The number of pyridine rings is 2. The van der Waals surface area contributed by atoms with Gasteiger partial charge in [0.2, 0.25) is 0 Å². The van der Waals surface area contributed by atoms with E-state index < -0.39 is 0 Å². The molecule has 4 nitrogen and oxygen atoms in total. The first-order chi connectivity index (χ1) is 12.2. The van der Waals surface area contributed by atoms with Crippen LogP contribution in [-0.4, -0.2) is 23.1 Å². The minimum Gasteiger partial charge on any atom is -0.356 e. The Labute approximate surface area is 148 Å². The van der Waals surface area contributed by atoms with Gasteiger partial charge in [-0.3, -0.25) is 4.98 Å². The maximum absolute atomic E-state index is 14.6. The summed E-state index contributed by atoms with van der Waals surface area (Å²) in [5.74, 6) is 0.293. The molecule has 0 atom stereocenters. The third-order valence-electron chi connectivity index (χ3n) is 4.92. The van der Waals surface area contributed by atoms with Gasteiger partial charge in [0.05, 0.1) is 6.20 Å². The summed E-state index contributed by atoms with van der Waals surface area (Å²) in [4.78, 5) is 10.8. The van der Waals surface area contributed by atoms with Crippen molar-refractivity contribution in [1.82, 2.24) is 9.97 Å². The van der Waals surface area contributed by atoms with E-state index in [1.54, 1.807) is 12.3 Å². The number of nitrogens with zero attached hydrogens (tertiary/aromatic N) is 4. The van der Waals surface area contributed by atoms with E-state index >= 15 is 0 Å². The fourth-order valence-corrected chi connectivity index (χ4v) is 3.64. The molecule has 0 fully saturated rings. The van der Waals surface area contributed by atoms with Crippen LogP contribution in [0, 0.1) is 17.1 Å². The molecule has 3 rings (SSSR count). The van der Waals surface area contributed by atoms with Gasteiger partial charge < -0.3 is 4.90 Å². The Morgan fingerprint density at radius 2 is 1.96 bits per heavy atom. The fourth-order valence-electron chi connectivity index (χ4n) is 3.64. The number of rotatable bonds is 4. The summed E-state index contributed by atoms with van der Waals surface area (Å²) in [6, 6.07) is 3.99. The lowest BCUT2D eigenvalue weighted by molar-refractivity contribution is 0.624. The molecular formula is C20H23FN4. The van der Waals surface area contributed by atoms with Gasteiger partial charge in [-0.2, -0.15) is 5.26 Å². The molecule has 0 N–H and O–H groups in total. The summed E-state index contributed by atoms with van der Waals surface area (Å²) >= 11 is 0. The summed E-state index contributed by atoms with van der Waals surface area (Å²) in [5.41, 5.74) is 3.71. The molecule has 1 aliphatic carbocycles. The molecule has 2 aromatic rings. The van der Waals surface area contributed by atoms with E-state index in [4.69, 9.17) is 4.98 Å². The lowest BCUT2D eigenvalue weighted by Gasteiger charge is -2.25. The van der Waals surface area contributed by atoms with Gasteiger partial charge in [-0.15, -0.1) is 0 Å². The van der Waals surface area contributed by atoms with Gasteiger partial charge in [-0.05, 0) is 51.2 Å². The first-order valence-electron chi connectivity index (χ1n) is 9.01. The number of nitriles is 1. The number of anilines is 1. The molecule has 0 aromatic carbocycles. The normalized spacial score (nSPS) is 13.7. The van der Waals surface area contributed by atoms with E-state index in [2.05, 4.69) is 16.0 Å². The van der Waals surface area contributed by atoms with Crippen molar-refractivity contribution in [2.45, 2.75) is 46.0 Å². The quantitative estimate of drug-likeness (QED) is 0.781. The number of hydrogen-bond acceptors (Lipinski definition) is 4. The molecule has 0 amide bonds. The molecule has 2 heterocycles. The molecule has 130 valence electrons. The van der Waals surface area contributed by atoms with Crippen LogP contribution in [0.4, 0.5) is 10.2 Å². The van der Waals surface area contributed by atoms with Crippen LogP contribution in [0.1, 0.15) is 49.9 Å². The summed E-state index contributed by atoms with van der Waals surface area (Å²) in [7, 11) is 0. The first kappa shape index (κ1) is 17.3. The topological polar surface area (TPSA) is 52.8 Å². The maximum Gasteiger partial charge on any atom is 0.149 e. The zero-order valence-corrected chi connectivity index (χ0v) is 14.8. The van der Waals surface area contributed by atoms with Crippen LogP contribution in [0.5, 0.6) is 0 Å². The smallest absolute Gasteiger partial charge is 0.149 e. The van der Waals surface area contributed by atoms with E-state index in [1.807, 2.05) is 13.8 Å². The van der Waals surface area contributed by atoms with Gasteiger partial charge in [-0.1, -0.05) is 6.42 Å². The van der Waals surface area contributed by atoms with Crippen LogP contribution >= 0.6 is 0 Å². The maximum atomic E-state index is 14.6. The molecule has 1 aliphatic rings. The van der Waals surface area contributed by atoms with Crippen LogP contribution in [0.25, 0.3) is 11.1 Å². The standard InChI is InChI=1S/C20H23FN4/c1-3-25(4-2)20-16(12-22)19(14-10-11-23-13-17(14)21)15-8-6-5-7-9-18(15)24-20/h10-11,13H,3-9H2,1-2H3. The van der Waals surface area contributed by atoms with Crippen molar-refractivity contribution in [2.24, 2.45) is 0 Å². The van der Waals surface area contributed by atoms with Gasteiger partial charge in [0.15, 0.2) is 0 Å². The summed E-state index contributed by atoms with van der Waals surface area (Å²) in [6.07, 6.45) is 7.79. The van der Waals surface area contributed by atoms with Gasteiger partial charge >= 0.3 is 0 Å².